The monoisotopic (exact) mass is 335 g/mol. The van der Waals surface area contributed by atoms with Crippen LogP contribution in [0, 0.1) is 27.7 Å². The lowest BCUT2D eigenvalue weighted by molar-refractivity contribution is 0.455. The molecule has 0 saturated carbocycles. The number of hydrogen-bond donors (Lipinski definition) is 1. The summed E-state index contributed by atoms with van der Waals surface area (Å²) < 4.78 is 7.04. The average molecular weight is 336 g/mol. The van der Waals surface area contributed by atoms with Crippen LogP contribution in [0.5, 0.6) is 11.6 Å². The molecular weight excluding hydrogens is 318 g/mol. The van der Waals surface area contributed by atoms with E-state index in [4.69, 9.17) is 4.74 Å². The molecule has 0 bridgehead atoms. The van der Waals surface area contributed by atoms with Crippen LogP contribution in [0.2, 0.25) is 0 Å². The van der Waals surface area contributed by atoms with E-state index in [1.807, 2.05) is 46.9 Å². The molecule has 20 heavy (non-hydrogen) atoms. The van der Waals surface area contributed by atoms with Gasteiger partial charge in [0.05, 0.1) is 5.56 Å². The molecule has 1 heterocycles. The van der Waals surface area contributed by atoms with Gasteiger partial charge in [0.25, 0.3) is 0 Å². The predicted molar refractivity (Wildman–Crippen MR) is 84.7 cm³/mol. The molecule has 0 amide bonds. The first-order chi connectivity index (χ1) is 9.42. The molecule has 0 saturated heterocycles. The summed E-state index contributed by atoms with van der Waals surface area (Å²) in [5.74, 6) is 2.84. The van der Waals surface area contributed by atoms with Crippen LogP contribution < -0.4 is 10.1 Å². The van der Waals surface area contributed by atoms with Gasteiger partial charge in [0.15, 0.2) is 0 Å². The molecular formula is C15H18BrN3O. The van der Waals surface area contributed by atoms with Crippen molar-refractivity contribution in [2.24, 2.45) is 0 Å². The van der Waals surface area contributed by atoms with Crippen LogP contribution in [0.1, 0.15) is 22.5 Å². The highest BCUT2D eigenvalue weighted by Gasteiger charge is 2.11. The van der Waals surface area contributed by atoms with Gasteiger partial charge in [-0.3, -0.25) is 0 Å². The minimum atomic E-state index is 0.586. The van der Waals surface area contributed by atoms with Gasteiger partial charge in [-0.05, 0) is 51.0 Å². The van der Waals surface area contributed by atoms with E-state index in [1.54, 1.807) is 0 Å². The molecule has 0 atom stereocenters. The minimum absolute atomic E-state index is 0.586. The Labute approximate surface area is 127 Å². The normalized spacial score (nSPS) is 10.5. The summed E-state index contributed by atoms with van der Waals surface area (Å²) in [4.78, 5) is 8.71. The van der Waals surface area contributed by atoms with Crippen molar-refractivity contribution < 1.29 is 4.74 Å². The largest absolute Gasteiger partial charge is 0.439 e. The third-order valence-electron chi connectivity index (χ3n) is 3.07. The molecule has 5 heteroatoms. The Morgan fingerprint density at radius 1 is 1.05 bits per heavy atom. The van der Waals surface area contributed by atoms with Gasteiger partial charge in [-0.25, -0.2) is 4.98 Å². The van der Waals surface area contributed by atoms with E-state index >= 15 is 0 Å². The highest BCUT2D eigenvalue weighted by atomic mass is 79.9. The van der Waals surface area contributed by atoms with Crippen molar-refractivity contribution in [2.45, 2.75) is 27.7 Å². The Kier molecular flexibility index (Phi) is 4.28. The molecule has 0 aliphatic carbocycles. The van der Waals surface area contributed by atoms with Gasteiger partial charge in [0.2, 0.25) is 5.88 Å². The highest BCUT2D eigenvalue weighted by Crippen LogP contribution is 2.31. The molecule has 0 spiro atoms. The quantitative estimate of drug-likeness (QED) is 0.907. The summed E-state index contributed by atoms with van der Waals surface area (Å²) in [5.41, 5.74) is 3.17. The van der Waals surface area contributed by atoms with Gasteiger partial charge in [0, 0.05) is 11.5 Å². The Morgan fingerprint density at radius 3 is 2.20 bits per heavy atom. The third-order valence-corrected chi connectivity index (χ3v) is 4.33. The molecule has 1 aromatic heterocycles. The topological polar surface area (TPSA) is 47.0 Å². The average Bonchev–Trinajstić information content (AvgIpc) is 2.39. The van der Waals surface area contributed by atoms with Crippen LogP contribution in [0.25, 0.3) is 0 Å². The zero-order valence-electron chi connectivity index (χ0n) is 12.3. The van der Waals surface area contributed by atoms with Crippen molar-refractivity contribution in [1.82, 2.24) is 9.97 Å². The zero-order chi connectivity index (χ0) is 14.9. The van der Waals surface area contributed by atoms with Crippen LogP contribution in [-0.4, -0.2) is 17.0 Å². The van der Waals surface area contributed by atoms with E-state index in [2.05, 4.69) is 31.2 Å². The summed E-state index contributed by atoms with van der Waals surface area (Å²) >= 11 is 3.56. The van der Waals surface area contributed by atoms with Crippen LogP contribution in [-0.2, 0) is 0 Å². The second kappa shape index (κ2) is 5.79. The molecule has 0 aliphatic rings. The van der Waals surface area contributed by atoms with Gasteiger partial charge in [-0.2, -0.15) is 4.98 Å². The molecule has 2 aromatic rings. The summed E-state index contributed by atoms with van der Waals surface area (Å²) in [5, 5.41) is 3.06. The molecule has 4 nitrogen and oxygen atoms in total. The number of anilines is 1. The van der Waals surface area contributed by atoms with Crippen LogP contribution in [0.3, 0.4) is 0 Å². The predicted octanol–water partition coefficient (Wildman–Crippen LogP) is 4.31. The van der Waals surface area contributed by atoms with E-state index in [0.29, 0.717) is 11.7 Å². The summed E-state index contributed by atoms with van der Waals surface area (Å²) in [6.07, 6.45) is 0. The minimum Gasteiger partial charge on any atom is -0.439 e. The third kappa shape index (κ3) is 2.93. The Hall–Kier alpha value is -1.62. The zero-order valence-corrected chi connectivity index (χ0v) is 13.9. The number of halogens is 1. The van der Waals surface area contributed by atoms with Crippen molar-refractivity contribution >= 4 is 21.7 Å². The van der Waals surface area contributed by atoms with E-state index < -0.39 is 0 Å². The second-order valence-corrected chi connectivity index (χ2v) is 5.57. The number of hydrogen-bond acceptors (Lipinski definition) is 4. The molecule has 106 valence electrons. The first kappa shape index (κ1) is 14.8. The Morgan fingerprint density at radius 2 is 1.65 bits per heavy atom. The van der Waals surface area contributed by atoms with Crippen LogP contribution >= 0.6 is 15.9 Å². The number of benzene rings is 1. The lowest BCUT2D eigenvalue weighted by Gasteiger charge is -2.13. The van der Waals surface area contributed by atoms with Gasteiger partial charge >= 0.3 is 0 Å². The van der Waals surface area contributed by atoms with Crippen molar-refractivity contribution in [3.8, 4) is 11.6 Å². The number of ether oxygens (including phenoxy) is 1. The van der Waals surface area contributed by atoms with Gasteiger partial charge in [-0.15, -0.1) is 0 Å². The molecule has 1 N–H and O–H groups in total. The van der Waals surface area contributed by atoms with Gasteiger partial charge in [-0.1, -0.05) is 15.9 Å². The summed E-state index contributed by atoms with van der Waals surface area (Å²) in [6.45, 7) is 7.88. The summed E-state index contributed by atoms with van der Waals surface area (Å²) in [7, 11) is 1.84. The number of nitrogens with zero attached hydrogens (tertiary/aromatic N) is 2. The molecule has 0 fully saturated rings. The number of nitrogens with one attached hydrogen (secondary N) is 1. The summed E-state index contributed by atoms with van der Waals surface area (Å²) in [6, 6.07) is 3.99. The molecule has 1 aromatic carbocycles. The van der Waals surface area contributed by atoms with Crippen molar-refractivity contribution in [1.29, 1.82) is 0 Å². The van der Waals surface area contributed by atoms with Crippen molar-refractivity contribution in [2.75, 3.05) is 12.4 Å². The van der Waals surface area contributed by atoms with Crippen molar-refractivity contribution in [3.63, 3.8) is 0 Å². The lowest BCUT2D eigenvalue weighted by atomic mass is 10.1. The maximum Gasteiger partial charge on any atom is 0.227 e. The van der Waals surface area contributed by atoms with Crippen molar-refractivity contribution in [3.05, 3.63) is 39.1 Å². The maximum atomic E-state index is 5.94. The molecule has 2 rings (SSSR count). The van der Waals surface area contributed by atoms with E-state index in [1.165, 1.54) is 0 Å². The standard InChI is InChI=1S/C15H18BrN3O/c1-8-6-12(7-9(2)13(8)16)20-15-10(3)14(17-5)18-11(4)19-15/h6-7H,1-5H3,(H,17,18,19). The number of rotatable bonds is 3. The van der Waals surface area contributed by atoms with E-state index in [0.717, 1.165) is 32.7 Å². The smallest absolute Gasteiger partial charge is 0.227 e. The molecule has 0 radical (unpaired) electrons. The first-order valence-electron chi connectivity index (χ1n) is 6.40. The highest BCUT2D eigenvalue weighted by molar-refractivity contribution is 9.10. The fourth-order valence-corrected chi connectivity index (χ4v) is 2.25. The van der Waals surface area contributed by atoms with E-state index in [-0.39, 0.29) is 0 Å². The number of aromatic nitrogens is 2. The fourth-order valence-electron chi connectivity index (χ4n) is 2.02. The first-order valence-corrected chi connectivity index (χ1v) is 7.19. The Balaban J connectivity index is 2.42. The SMILES string of the molecule is CNc1nc(C)nc(Oc2cc(C)c(Br)c(C)c2)c1C. The lowest BCUT2D eigenvalue weighted by Crippen LogP contribution is -2.03. The van der Waals surface area contributed by atoms with E-state index in [9.17, 15) is 0 Å². The second-order valence-electron chi connectivity index (χ2n) is 4.77. The maximum absolute atomic E-state index is 5.94. The molecule has 0 aliphatic heterocycles. The Bertz CT molecular complexity index is 633. The van der Waals surface area contributed by atoms with Crippen LogP contribution in [0.15, 0.2) is 16.6 Å². The van der Waals surface area contributed by atoms with Gasteiger partial charge in [0.1, 0.15) is 17.4 Å². The van der Waals surface area contributed by atoms with Crippen LogP contribution in [0.4, 0.5) is 5.82 Å². The molecule has 0 unspecified atom stereocenters. The number of aryl methyl sites for hydroxylation is 3. The van der Waals surface area contributed by atoms with Gasteiger partial charge < -0.3 is 10.1 Å². The fraction of sp³-hybridized carbons (Fsp3) is 0.333.